The zero-order chi connectivity index (χ0) is 15.5. The van der Waals surface area contributed by atoms with E-state index in [0.717, 1.165) is 21.5 Å². The number of aromatic nitrogens is 1. The zero-order valence-corrected chi connectivity index (χ0v) is 14.3. The monoisotopic (exact) mass is 372 g/mol. The normalized spacial score (nSPS) is 11.2. The van der Waals surface area contributed by atoms with Gasteiger partial charge in [-0.15, -0.1) is 0 Å². The Morgan fingerprint density at radius 3 is 2.55 bits per heavy atom. The molecule has 0 atom stereocenters. The number of halogens is 2. The van der Waals surface area contributed by atoms with E-state index in [1.807, 2.05) is 42.6 Å². The molecule has 0 aliphatic heterocycles. The molecule has 0 saturated heterocycles. The fourth-order valence-electron chi connectivity index (χ4n) is 2.30. The number of nitrogens with zero attached hydrogens (tertiary/aromatic N) is 2. The molecular formula is C18H14BrClN2. The van der Waals surface area contributed by atoms with Gasteiger partial charge < -0.3 is 4.57 Å². The molecule has 0 aliphatic carbocycles. The van der Waals surface area contributed by atoms with Gasteiger partial charge in [0, 0.05) is 15.9 Å². The Labute approximate surface area is 143 Å². The minimum absolute atomic E-state index is 0.657. The maximum atomic E-state index is 6.10. The van der Waals surface area contributed by atoms with E-state index in [1.54, 1.807) is 0 Å². The highest BCUT2D eigenvalue weighted by Crippen LogP contribution is 2.27. The minimum atomic E-state index is 0.657. The fourth-order valence-corrected chi connectivity index (χ4v) is 2.72. The van der Waals surface area contributed by atoms with Gasteiger partial charge in [0.05, 0.1) is 22.6 Å². The van der Waals surface area contributed by atoms with E-state index in [-0.39, 0.29) is 0 Å². The predicted octanol–water partition coefficient (Wildman–Crippen LogP) is 5.95. The molecule has 3 aromatic rings. The topological polar surface area (TPSA) is 17.3 Å². The van der Waals surface area contributed by atoms with Crippen molar-refractivity contribution in [2.75, 3.05) is 0 Å². The standard InChI is InChI=1S/C18H14BrClN2/c1-13-7-9-16(22(13)15-5-3-2-4-6-15)12-21-14-8-10-17(19)18(20)11-14/h2-12H,1H3. The van der Waals surface area contributed by atoms with Gasteiger partial charge in [0.25, 0.3) is 0 Å². The second kappa shape index (κ2) is 6.51. The second-order valence-corrected chi connectivity index (χ2v) is 6.19. The molecule has 0 unspecified atom stereocenters. The SMILES string of the molecule is Cc1ccc(C=Nc2ccc(Br)c(Cl)c2)n1-c1ccccc1. The zero-order valence-electron chi connectivity index (χ0n) is 12.0. The lowest BCUT2D eigenvalue weighted by Gasteiger charge is -2.08. The maximum Gasteiger partial charge on any atom is 0.0646 e. The highest BCUT2D eigenvalue weighted by molar-refractivity contribution is 9.10. The molecule has 22 heavy (non-hydrogen) atoms. The average molecular weight is 374 g/mol. The lowest BCUT2D eigenvalue weighted by molar-refractivity contribution is 1.01. The molecule has 110 valence electrons. The van der Waals surface area contributed by atoms with Crippen molar-refractivity contribution in [1.29, 1.82) is 0 Å². The molecule has 0 spiro atoms. The average Bonchev–Trinajstić information content (AvgIpc) is 2.90. The van der Waals surface area contributed by atoms with Crippen molar-refractivity contribution in [1.82, 2.24) is 4.57 Å². The first kappa shape index (κ1) is 15.1. The first-order chi connectivity index (χ1) is 10.6. The van der Waals surface area contributed by atoms with Crippen molar-refractivity contribution in [3.8, 4) is 5.69 Å². The van der Waals surface area contributed by atoms with Crippen LogP contribution in [0.3, 0.4) is 0 Å². The third kappa shape index (κ3) is 3.16. The Morgan fingerprint density at radius 1 is 1.05 bits per heavy atom. The predicted molar refractivity (Wildman–Crippen MR) is 96.9 cm³/mol. The summed E-state index contributed by atoms with van der Waals surface area (Å²) in [5.41, 5.74) is 4.15. The van der Waals surface area contributed by atoms with Crippen molar-refractivity contribution in [2.45, 2.75) is 6.92 Å². The highest BCUT2D eigenvalue weighted by Gasteiger charge is 2.05. The van der Waals surface area contributed by atoms with Gasteiger partial charge in [-0.2, -0.15) is 0 Å². The number of hydrogen-bond donors (Lipinski definition) is 0. The molecule has 0 aliphatic rings. The van der Waals surface area contributed by atoms with Gasteiger partial charge in [0.1, 0.15) is 0 Å². The van der Waals surface area contributed by atoms with Crippen LogP contribution in [0.4, 0.5) is 5.69 Å². The number of aryl methyl sites for hydroxylation is 1. The van der Waals surface area contributed by atoms with E-state index in [9.17, 15) is 0 Å². The van der Waals surface area contributed by atoms with Crippen molar-refractivity contribution in [3.05, 3.63) is 81.5 Å². The summed E-state index contributed by atoms with van der Waals surface area (Å²) in [6, 6.07) is 20.1. The Morgan fingerprint density at radius 2 is 1.82 bits per heavy atom. The number of aliphatic imine (C=N–C) groups is 1. The van der Waals surface area contributed by atoms with Gasteiger partial charge >= 0.3 is 0 Å². The molecule has 2 aromatic carbocycles. The lowest BCUT2D eigenvalue weighted by atomic mass is 10.3. The molecular weight excluding hydrogens is 360 g/mol. The van der Waals surface area contributed by atoms with Crippen molar-refractivity contribution in [3.63, 3.8) is 0 Å². The first-order valence-corrected chi connectivity index (χ1v) is 8.05. The van der Waals surface area contributed by atoms with E-state index in [2.05, 4.69) is 56.7 Å². The number of benzene rings is 2. The van der Waals surface area contributed by atoms with E-state index in [1.165, 1.54) is 5.69 Å². The van der Waals surface area contributed by atoms with Crippen LogP contribution in [-0.2, 0) is 0 Å². The first-order valence-electron chi connectivity index (χ1n) is 6.88. The number of rotatable bonds is 3. The van der Waals surface area contributed by atoms with Crippen LogP contribution in [0.1, 0.15) is 11.4 Å². The Kier molecular flexibility index (Phi) is 4.46. The van der Waals surface area contributed by atoms with Gasteiger partial charge in [-0.05, 0) is 65.3 Å². The molecule has 0 saturated carbocycles. The van der Waals surface area contributed by atoms with Gasteiger partial charge in [0.15, 0.2) is 0 Å². The molecule has 0 radical (unpaired) electrons. The third-order valence-corrected chi connectivity index (χ3v) is 4.60. The molecule has 0 fully saturated rings. The van der Waals surface area contributed by atoms with Gasteiger partial charge in [-0.3, -0.25) is 4.99 Å². The summed E-state index contributed by atoms with van der Waals surface area (Å²) in [7, 11) is 0. The summed E-state index contributed by atoms with van der Waals surface area (Å²) in [6.45, 7) is 2.08. The molecule has 0 bridgehead atoms. The second-order valence-electron chi connectivity index (χ2n) is 4.93. The van der Waals surface area contributed by atoms with Gasteiger partial charge in [-0.25, -0.2) is 0 Å². The smallest absolute Gasteiger partial charge is 0.0646 e. The Balaban J connectivity index is 1.96. The molecule has 0 amide bonds. The Hall–Kier alpha value is -1.84. The molecule has 4 heteroatoms. The van der Waals surface area contributed by atoms with Crippen molar-refractivity contribution >= 4 is 39.4 Å². The minimum Gasteiger partial charge on any atom is -0.313 e. The van der Waals surface area contributed by atoms with E-state index in [0.29, 0.717) is 5.02 Å². The van der Waals surface area contributed by atoms with E-state index >= 15 is 0 Å². The highest BCUT2D eigenvalue weighted by atomic mass is 79.9. The van der Waals surface area contributed by atoms with Crippen LogP contribution in [0.2, 0.25) is 5.02 Å². The third-order valence-electron chi connectivity index (χ3n) is 3.37. The largest absolute Gasteiger partial charge is 0.313 e. The van der Waals surface area contributed by atoms with Crippen LogP contribution in [0, 0.1) is 6.92 Å². The van der Waals surface area contributed by atoms with Crippen LogP contribution in [0.25, 0.3) is 5.69 Å². The fraction of sp³-hybridized carbons (Fsp3) is 0.0556. The quantitative estimate of drug-likeness (QED) is 0.505. The van der Waals surface area contributed by atoms with Crippen LogP contribution < -0.4 is 0 Å². The van der Waals surface area contributed by atoms with Crippen LogP contribution in [-0.4, -0.2) is 10.8 Å². The maximum absolute atomic E-state index is 6.10. The van der Waals surface area contributed by atoms with Crippen molar-refractivity contribution in [2.24, 2.45) is 4.99 Å². The number of para-hydroxylation sites is 1. The lowest BCUT2D eigenvalue weighted by Crippen LogP contribution is -2.00. The van der Waals surface area contributed by atoms with Crippen LogP contribution >= 0.6 is 27.5 Å². The summed E-state index contributed by atoms with van der Waals surface area (Å²) < 4.78 is 3.04. The van der Waals surface area contributed by atoms with E-state index < -0.39 is 0 Å². The molecule has 2 nitrogen and oxygen atoms in total. The summed E-state index contributed by atoms with van der Waals surface area (Å²) in [5.74, 6) is 0. The summed E-state index contributed by atoms with van der Waals surface area (Å²) >= 11 is 9.48. The van der Waals surface area contributed by atoms with Crippen LogP contribution in [0.5, 0.6) is 0 Å². The van der Waals surface area contributed by atoms with E-state index in [4.69, 9.17) is 11.6 Å². The molecule has 3 rings (SSSR count). The molecule has 1 aromatic heterocycles. The summed E-state index contributed by atoms with van der Waals surface area (Å²) in [5, 5.41) is 0.657. The van der Waals surface area contributed by atoms with Gasteiger partial charge in [-0.1, -0.05) is 29.8 Å². The van der Waals surface area contributed by atoms with Crippen molar-refractivity contribution < 1.29 is 0 Å². The number of hydrogen-bond acceptors (Lipinski definition) is 1. The van der Waals surface area contributed by atoms with Gasteiger partial charge in [0.2, 0.25) is 0 Å². The summed E-state index contributed by atoms with van der Waals surface area (Å²) in [4.78, 5) is 4.53. The Bertz CT molecular complexity index is 822. The molecule has 1 heterocycles. The van der Waals surface area contributed by atoms with Crippen LogP contribution in [0.15, 0.2) is 70.1 Å². The summed E-state index contributed by atoms with van der Waals surface area (Å²) in [6.07, 6.45) is 1.86. The molecule has 0 N–H and O–H groups in total.